The molecule has 2 heterocycles. The van der Waals surface area contributed by atoms with Crippen LogP contribution in [0.25, 0.3) is 0 Å². The maximum Gasteiger partial charge on any atom is 0.328 e. The van der Waals surface area contributed by atoms with E-state index < -0.39 is 12.0 Å². The van der Waals surface area contributed by atoms with Crippen LogP contribution in [0.15, 0.2) is 4.42 Å². The molecule has 0 bridgehead atoms. The van der Waals surface area contributed by atoms with Gasteiger partial charge in [0.1, 0.15) is 0 Å². The zero-order valence-electron chi connectivity index (χ0n) is 7.44. The first-order valence-corrected chi connectivity index (χ1v) is 3.99. The number of fused-ring (bicyclic) bond motifs is 1. The predicted molar refractivity (Wildman–Crippen MR) is 43.1 cm³/mol. The van der Waals surface area contributed by atoms with Crippen molar-refractivity contribution in [3.8, 4) is 0 Å². The highest BCUT2D eigenvalue weighted by atomic mass is 16.4. The van der Waals surface area contributed by atoms with Crippen molar-refractivity contribution in [3.63, 3.8) is 0 Å². The van der Waals surface area contributed by atoms with E-state index in [1.54, 1.807) is 18.9 Å². The van der Waals surface area contributed by atoms with E-state index in [-0.39, 0.29) is 0 Å². The summed E-state index contributed by atoms with van der Waals surface area (Å²) in [6.45, 7) is 2.26. The number of aromatic nitrogens is 1. The number of carboxylic acid groups (broad SMARTS) is 1. The minimum Gasteiger partial charge on any atom is -0.480 e. The third-order valence-corrected chi connectivity index (χ3v) is 2.16. The van der Waals surface area contributed by atoms with E-state index in [4.69, 9.17) is 9.52 Å². The van der Waals surface area contributed by atoms with E-state index in [2.05, 4.69) is 4.98 Å². The molecule has 1 aromatic heterocycles. The number of aliphatic carboxylic acids is 1. The molecule has 5 heteroatoms. The lowest BCUT2D eigenvalue weighted by molar-refractivity contribution is -0.143. The molecule has 1 aliphatic rings. The Morgan fingerprint density at radius 2 is 2.46 bits per heavy atom. The van der Waals surface area contributed by atoms with Crippen molar-refractivity contribution in [2.45, 2.75) is 19.5 Å². The van der Waals surface area contributed by atoms with Crippen LogP contribution < -0.4 is 0 Å². The molecule has 5 nitrogen and oxygen atoms in total. The second-order valence-electron chi connectivity index (χ2n) is 3.20. The van der Waals surface area contributed by atoms with Gasteiger partial charge in [0.15, 0.2) is 17.7 Å². The number of aryl methyl sites for hydroxylation is 1. The van der Waals surface area contributed by atoms with Crippen LogP contribution in [0.4, 0.5) is 0 Å². The molecule has 0 aliphatic carbocycles. The molecule has 0 spiro atoms. The minimum absolute atomic E-state index is 0.479. The van der Waals surface area contributed by atoms with E-state index in [1.807, 2.05) is 0 Å². The van der Waals surface area contributed by atoms with Crippen molar-refractivity contribution in [1.29, 1.82) is 0 Å². The summed E-state index contributed by atoms with van der Waals surface area (Å²) >= 11 is 0. The molecule has 1 aliphatic heterocycles. The van der Waals surface area contributed by atoms with Crippen molar-refractivity contribution < 1.29 is 14.3 Å². The Hall–Kier alpha value is -1.36. The second-order valence-corrected chi connectivity index (χ2v) is 3.20. The van der Waals surface area contributed by atoms with Crippen molar-refractivity contribution in [1.82, 2.24) is 9.88 Å². The molecule has 1 unspecified atom stereocenters. The molecule has 0 saturated carbocycles. The molecular formula is C8H10N2O3. The summed E-state index contributed by atoms with van der Waals surface area (Å²) in [4.78, 5) is 16.7. The van der Waals surface area contributed by atoms with E-state index in [9.17, 15) is 4.79 Å². The fourth-order valence-corrected chi connectivity index (χ4v) is 1.64. The van der Waals surface area contributed by atoms with Crippen LogP contribution in [0, 0.1) is 6.92 Å². The number of oxazole rings is 1. The van der Waals surface area contributed by atoms with E-state index in [1.165, 1.54) is 0 Å². The van der Waals surface area contributed by atoms with Crippen LogP contribution >= 0.6 is 0 Å². The van der Waals surface area contributed by atoms with Gasteiger partial charge in [-0.25, -0.2) is 4.98 Å². The number of hydrogen-bond acceptors (Lipinski definition) is 4. The molecule has 1 aromatic rings. The zero-order valence-corrected chi connectivity index (χ0v) is 7.44. The summed E-state index contributed by atoms with van der Waals surface area (Å²) in [5.41, 5.74) is 0.743. The lowest BCUT2D eigenvalue weighted by Gasteiger charge is -2.13. The first kappa shape index (κ1) is 8.25. The van der Waals surface area contributed by atoms with Gasteiger partial charge in [-0.3, -0.25) is 9.69 Å². The van der Waals surface area contributed by atoms with Crippen molar-refractivity contribution >= 4 is 5.97 Å². The molecule has 0 radical (unpaired) electrons. The molecule has 1 atom stereocenters. The summed E-state index contributed by atoms with van der Waals surface area (Å²) in [6.07, 6.45) is 0. The molecular weight excluding hydrogens is 172 g/mol. The van der Waals surface area contributed by atoms with Gasteiger partial charge in [0, 0.05) is 13.5 Å². The Balaban J connectivity index is 2.44. The van der Waals surface area contributed by atoms with Crippen molar-refractivity contribution in [3.05, 3.63) is 17.3 Å². The Kier molecular flexibility index (Phi) is 1.63. The topological polar surface area (TPSA) is 66.6 Å². The number of nitrogens with zero attached hydrogens (tertiary/aromatic N) is 2. The van der Waals surface area contributed by atoms with Gasteiger partial charge >= 0.3 is 5.97 Å². The highest BCUT2D eigenvalue weighted by Gasteiger charge is 2.37. The Morgan fingerprint density at radius 3 is 3.08 bits per heavy atom. The Bertz CT molecular complexity index is 358. The average molecular weight is 182 g/mol. The lowest BCUT2D eigenvalue weighted by atomic mass is 10.2. The van der Waals surface area contributed by atoms with Crippen LogP contribution in [0.3, 0.4) is 0 Å². The fraction of sp³-hybridized carbons (Fsp3) is 0.500. The highest BCUT2D eigenvalue weighted by Crippen LogP contribution is 2.32. The van der Waals surface area contributed by atoms with Crippen LogP contribution in [0.2, 0.25) is 0 Å². The summed E-state index contributed by atoms with van der Waals surface area (Å²) in [5, 5.41) is 8.91. The predicted octanol–water partition coefficient (Wildman–Crippen LogP) is 0.554. The minimum atomic E-state index is -0.891. The number of likely N-dealkylation sites (N-methyl/N-ethyl adjacent to an activating group) is 1. The fourth-order valence-electron chi connectivity index (χ4n) is 1.64. The van der Waals surface area contributed by atoms with Gasteiger partial charge in [0.25, 0.3) is 0 Å². The molecule has 2 rings (SSSR count). The summed E-state index contributed by atoms with van der Waals surface area (Å²) in [6, 6.07) is -0.670. The second kappa shape index (κ2) is 2.56. The smallest absolute Gasteiger partial charge is 0.328 e. The highest BCUT2D eigenvalue weighted by molar-refractivity contribution is 5.75. The SMILES string of the molecule is Cc1nc2c(o1)C(C(=O)O)N(C)C2. The first-order valence-electron chi connectivity index (χ1n) is 3.99. The van der Waals surface area contributed by atoms with Gasteiger partial charge in [-0.1, -0.05) is 0 Å². The van der Waals surface area contributed by atoms with Crippen molar-refractivity contribution in [2.24, 2.45) is 0 Å². The standard InChI is InChI=1S/C8H10N2O3/c1-4-9-5-3-10(2)6(8(11)12)7(5)13-4/h6H,3H2,1-2H3,(H,11,12). The molecule has 0 amide bonds. The van der Waals surface area contributed by atoms with Gasteiger partial charge in [0.05, 0.1) is 5.69 Å². The summed E-state index contributed by atoms with van der Waals surface area (Å²) in [7, 11) is 1.74. The number of carboxylic acids is 1. The zero-order chi connectivity index (χ0) is 9.59. The molecule has 13 heavy (non-hydrogen) atoms. The molecule has 1 N–H and O–H groups in total. The Morgan fingerprint density at radius 1 is 1.77 bits per heavy atom. The normalized spacial score (nSPS) is 21.8. The largest absolute Gasteiger partial charge is 0.480 e. The molecule has 0 saturated heterocycles. The van der Waals surface area contributed by atoms with E-state index in [0.29, 0.717) is 18.2 Å². The molecule has 0 fully saturated rings. The Labute approximate surface area is 75.0 Å². The average Bonchev–Trinajstić information content (AvgIpc) is 2.41. The number of hydrogen-bond donors (Lipinski definition) is 1. The van der Waals surface area contributed by atoms with Gasteiger partial charge in [-0.2, -0.15) is 0 Å². The van der Waals surface area contributed by atoms with Crippen LogP contribution in [0.5, 0.6) is 0 Å². The monoisotopic (exact) mass is 182 g/mol. The maximum atomic E-state index is 10.9. The third kappa shape index (κ3) is 1.12. The summed E-state index contributed by atoms with van der Waals surface area (Å²) < 4.78 is 5.24. The van der Waals surface area contributed by atoms with E-state index >= 15 is 0 Å². The maximum absolute atomic E-state index is 10.9. The number of rotatable bonds is 1. The van der Waals surface area contributed by atoms with Crippen LogP contribution in [-0.2, 0) is 11.3 Å². The van der Waals surface area contributed by atoms with Crippen molar-refractivity contribution in [2.75, 3.05) is 7.05 Å². The van der Waals surface area contributed by atoms with Crippen LogP contribution in [0.1, 0.15) is 23.4 Å². The summed E-state index contributed by atoms with van der Waals surface area (Å²) in [5.74, 6) is 0.120. The van der Waals surface area contributed by atoms with Gasteiger partial charge in [-0.15, -0.1) is 0 Å². The lowest BCUT2D eigenvalue weighted by Crippen LogP contribution is -2.24. The van der Waals surface area contributed by atoms with E-state index in [0.717, 1.165) is 5.69 Å². The third-order valence-electron chi connectivity index (χ3n) is 2.16. The molecule has 0 aromatic carbocycles. The quantitative estimate of drug-likeness (QED) is 0.687. The van der Waals surface area contributed by atoms with Gasteiger partial charge in [-0.05, 0) is 7.05 Å². The van der Waals surface area contributed by atoms with Crippen LogP contribution in [-0.4, -0.2) is 28.0 Å². The van der Waals surface area contributed by atoms with Gasteiger partial charge < -0.3 is 9.52 Å². The van der Waals surface area contributed by atoms with Gasteiger partial charge in [0.2, 0.25) is 0 Å². The number of carbonyl (C=O) groups is 1. The molecule has 70 valence electrons. The first-order chi connectivity index (χ1) is 6.09.